The lowest BCUT2D eigenvalue weighted by molar-refractivity contribution is 0.153. The van der Waals surface area contributed by atoms with Crippen molar-refractivity contribution in [3.8, 4) is 0 Å². The highest BCUT2D eigenvalue weighted by atomic mass is 15.2. The molecule has 4 heteroatoms. The number of likely N-dealkylation sites (N-methyl/N-ethyl adjacent to an activating group) is 1. The molecule has 2 aliphatic heterocycles. The van der Waals surface area contributed by atoms with Crippen LogP contribution in [-0.4, -0.2) is 40.1 Å². The molecule has 0 spiro atoms. The molecule has 1 saturated heterocycles. The van der Waals surface area contributed by atoms with Gasteiger partial charge in [-0.05, 0) is 25.9 Å². The SMILES string of the molecule is CCN1CCCCC1Cc1nc2c(n1C)CCNC2. The molecule has 106 valence electrons. The van der Waals surface area contributed by atoms with Crippen molar-refractivity contribution in [1.82, 2.24) is 19.8 Å². The molecule has 1 fully saturated rings. The molecule has 1 aromatic rings. The third-order valence-corrected chi connectivity index (χ3v) is 4.79. The molecule has 19 heavy (non-hydrogen) atoms. The first-order chi connectivity index (χ1) is 9.29. The van der Waals surface area contributed by atoms with Crippen LogP contribution in [0.2, 0.25) is 0 Å². The summed E-state index contributed by atoms with van der Waals surface area (Å²) >= 11 is 0. The largest absolute Gasteiger partial charge is 0.335 e. The number of nitrogens with one attached hydrogen (secondary N) is 1. The third-order valence-electron chi connectivity index (χ3n) is 4.79. The summed E-state index contributed by atoms with van der Waals surface area (Å²) in [6, 6.07) is 0.703. The number of likely N-dealkylation sites (tertiary alicyclic amines) is 1. The van der Waals surface area contributed by atoms with Gasteiger partial charge in [0, 0.05) is 44.7 Å². The van der Waals surface area contributed by atoms with Crippen molar-refractivity contribution in [2.45, 2.75) is 51.6 Å². The Balaban J connectivity index is 1.77. The molecule has 0 amide bonds. The van der Waals surface area contributed by atoms with E-state index in [1.165, 1.54) is 49.6 Å². The second-order valence-electron chi connectivity index (χ2n) is 5.89. The highest BCUT2D eigenvalue weighted by Crippen LogP contribution is 2.22. The molecular formula is C15H26N4. The highest BCUT2D eigenvalue weighted by molar-refractivity contribution is 5.20. The van der Waals surface area contributed by atoms with Gasteiger partial charge in [0.1, 0.15) is 5.82 Å². The standard InChI is InChI=1S/C15H26N4/c1-3-19-9-5-4-6-12(19)10-15-17-13-11-16-8-7-14(13)18(15)2/h12,16H,3-11H2,1-2H3. The van der Waals surface area contributed by atoms with Crippen molar-refractivity contribution in [1.29, 1.82) is 0 Å². The topological polar surface area (TPSA) is 33.1 Å². The van der Waals surface area contributed by atoms with Crippen LogP contribution >= 0.6 is 0 Å². The Morgan fingerprint density at radius 1 is 1.37 bits per heavy atom. The predicted molar refractivity (Wildman–Crippen MR) is 77.2 cm³/mol. The Hall–Kier alpha value is -0.870. The third kappa shape index (κ3) is 2.56. The number of imidazole rings is 1. The van der Waals surface area contributed by atoms with E-state index in [-0.39, 0.29) is 0 Å². The number of piperidine rings is 1. The summed E-state index contributed by atoms with van der Waals surface area (Å²) < 4.78 is 2.36. The summed E-state index contributed by atoms with van der Waals surface area (Å²) in [6.45, 7) is 6.77. The second-order valence-corrected chi connectivity index (χ2v) is 5.89. The van der Waals surface area contributed by atoms with Crippen LogP contribution in [0.1, 0.15) is 43.4 Å². The summed E-state index contributed by atoms with van der Waals surface area (Å²) in [4.78, 5) is 7.52. The first kappa shape index (κ1) is 13.1. The van der Waals surface area contributed by atoms with Gasteiger partial charge in [0.2, 0.25) is 0 Å². The molecule has 0 aromatic carbocycles. The average Bonchev–Trinajstić information content (AvgIpc) is 2.77. The van der Waals surface area contributed by atoms with Crippen LogP contribution in [0.25, 0.3) is 0 Å². The van der Waals surface area contributed by atoms with E-state index in [2.05, 4.69) is 28.8 Å². The van der Waals surface area contributed by atoms with Gasteiger partial charge in [0.25, 0.3) is 0 Å². The quantitative estimate of drug-likeness (QED) is 0.896. The zero-order chi connectivity index (χ0) is 13.2. The Labute approximate surface area is 116 Å². The van der Waals surface area contributed by atoms with Crippen LogP contribution in [-0.2, 0) is 26.4 Å². The van der Waals surface area contributed by atoms with Gasteiger partial charge in [0.15, 0.2) is 0 Å². The van der Waals surface area contributed by atoms with Gasteiger partial charge in [-0.2, -0.15) is 0 Å². The first-order valence-electron chi connectivity index (χ1n) is 7.77. The van der Waals surface area contributed by atoms with Crippen molar-refractivity contribution < 1.29 is 0 Å². The van der Waals surface area contributed by atoms with Gasteiger partial charge in [-0.15, -0.1) is 0 Å². The maximum absolute atomic E-state index is 4.89. The average molecular weight is 262 g/mol. The van der Waals surface area contributed by atoms with Crippen LogP contribution < -0.4 is 5.32 Å². The number of fused-ring (bicyclic) bond motifs is 1. The zero-order valence-corrected chi connectivity index (χ0v) is 12.3. The fourth-order valence-corrected chi connectivity index (χ4v) is 3.61. The lowest BCUT2D eigenvalue weighted by Gasteiger charge is -2.34. The van der Waals surface area contributed by atoms with Crippen LogP contribution in [0.15, 0.2) is 0 Å². The van der Waals surface area contributed by atoms with Crippen molar-refractivity contribution in [2.75, 3.05) is 19.6 Å². The minimum atomic E-state index is 0.703. The van der Waals surface area contributed by atoms with E-state index in [0.29, 0.717) is 6.04 Å². The van der Waals surface area contributed by atoms with Crippen LogP contribution in [0.5, 0.6) is 0 Å². The molecule has 1 aromatic heterocycles. The maximum Gasteiger partial charge on any atom is 0.110 e. The molecule has 0 saturated carbocycles. The molecule has 0 radical (unpaired) electrons. The Morgan fingerprint density at radius 3 is 3.05 bits per heavy atom. The van der Waals surface area contributed by atoms with E-state index >= 15 is 0 Å². The fourth-order valence-electron chi connectivity index (χ4n) is 3.61. The lowest BCUT2D eigenvalue weighted by Crippen LogP contribution is -2.41. The number of hydrogen-bond acceptors (Lipinski definition) is 3. The predicted octanol–water partition coefficient (Wildman–Crippen LogP) is 1.48. The van der Waals surface area contributed by atoms with Crippen LogP contribution in [0, 0.1) is 0 Å². The van der Waals surface area contributed by atoms with Gasteiger partial charge in [-0.25, -0.2) is 4.98 Å². The van der Waals surface area contributed by atoms with Crippen molar-refractivity contribution in [3.05, 3.63) is 17.2 Å². The van der Waals surface area contributed by atoms with Crippen molar-refractivity contribution >= 4 is 0 Å². The van der Waals surface area contributed by atoms with Crippen molar-refractivity contribution in [3.63, 3.8) is 0 Å². The van der Waals surface area contributed by atoms with Gasteiger partial charge >= 0.3 is 0 Å². The van der Waals surface area contributed by atoms with E-state index in [1.54, 1.807) is 0 Å². The minimum Gasteiger partial charge on any atom is -0.335 e. The number of rotatable bonds is 3. The van der Waals surface area contributed by atoms with Crippen LogP contribution in [0.3, 0.4) is 0 Å². The smallest absolute Gasteiger partial charge is 0.110 e. The number of nitrogens with zero attached hydrogens (tertiary/aromatic N) is 3. The summed E-state index contributed by atoms with van der Waals surface area (Å²) in [5.74, 6) is 1.29. The molecule has 4 nitrogen and oxygen atoms in total. The van der Waals surface area contributed by atoms with E-state index in [1.807, 2.05) is 0 Å². The molecule has 3 heterocycles. The summed E-state index contributed by atoms with van der Waals surface area (Å²) in [5, 5.41) is 3.42. The molecule has 2 aliphatic rings. The lowest BCUT2D eigenvalue weighted by atomic mass is 9.99. The molecule has 3 rings (SSSR count). The van der Waals surface area contributed by atoms with Crippen LogP contribution in [0.4, 0.5) is 0 Å². The first-order valence-corrected chi connectivity index (χ1v) is 7.77. The van der Waals surface area contributed by atoms with Gasteiger partial charge in [-0.3, -0.25) is 0 Å². The normalized spacial score (nSPS) is 24.4. The molecule has 1 unspecified atom stereocenters. The Kier molecular flexibility index (Phi) is 3.89. The summed E-state index contributed by atoms with van der Waals surface area (Å²) in [7, 11) is 2.20. The van der Waals surface area contributed by atoms with E-state index in [0.717, 1.165) is 25.9 Å². The highest BCUT2D eigenvalue weighted by Gasteiger charge is 2.24. The number of hydrogen-bond donors (Lipinski definition) is 1. The zero-order valence-electron chi connectivity index (χ0n) is 12.3. The summed E-state index contributed by atoms with van der Waals surface area (Å²) in [5.41, 5.74) is 2.73. The maximum atomic E-state index is 4.89. The number of aromatic nitrogens is 2. The Bertz CT molecular complexity index is 438. The second kappa shape index (κ2) is 5.63. The van der Waals surface area contributed by atoms with E-state index in [9.17, 15) is 0 Å². The Morgan fingerprint density at radius 2 is 2.26 bits per heavy atom. The fraction of sp³-hybridized carbons (Fsp3) is 0.800. The monoisotopic (exact) mass is 262 g/mol. The van der Waals surface area contributed by atoms with E-state index in [4.69, 9.17) is 4.98 Å². The molecule has 0 aliphatic carbocycles. The van der Waals surface area contributed by atoms with Gasteiger partial charge in [0.05, 0.1) is 5.69 Å². The van der Waals surface area contributed by atoms with Gasteiger partial charge < -0.3 is 14.8 Å². The summed E-state index contributed by atoms with van der Waals surface area (Å²) in [6.07, 6.45) is 6.33. The molecule has 1 N–H and O–H groups in total. The van der Waals surface area contributed by atoms with Gasteiger partial charge in [-0.1, -0.05) is 13.3 Å². The van der Waals surface area contributed by atoms with E-state index < -0.39 is 0 Å². The minimum absolute atomic E-state index is 0.703. The molecule has 1 atom stereocenters. The van der Waals surface area contributed by atoms with Crippen molar-refractivity contribution in [2.24, 2.45) is 7.05 Å². The molecular weight excluding hydrogens is 236 g/mol. The molecule has 0 bridgehead atoms.